The van der Waals surface area contributed by atoms with Gasteiger partial charge < -0.3 is 21.3 Å². The first-order valence-corrected chi connectivity index (χ1v) is 13.4. The molecule has 0 saturated heterocycles. The summed E-state index contributed by atoms with van der Waals surface area (Å²) in [5.41, 5.74) is 15.2. The highest BCUT2D eigenvalue weighted by Crippen LogP contribution is 2.49. The van der Waals surface area contributed by atoms with Gasteiger partial charge in [0.25, 0.3) is 11.8 Å². The normalized spacial score (nSPS) is 12.7. The highest BCUT2D eigenvalue weighted by atomic mass is 32.2. The van der Waals surface area contributed by atoms with Crippen molar-refractivity contribution in [3.05, 3.63) is 81.1 Å². The molecule has 2 aromatic heterocycles. The predicted octanol–water partition coefficient (Wildman–Crippen LogP) is 4.61. The van der Waals surface area contributed by atoms with Crippen LogP contribution in [0, 0.1) is 29.6 Å². The number of nitriles is 2. The molecule has 10 heteroatoms. The van der Waals surface area contributed by atoms with Crippen molar-refractivity contribution in [3.8, 4) is 23.3 Å². The Morgan fingerprint density at radius 2 is 1.26 bits per heavy atom. The van der Waals surface area contributed by atoms with E-state index in [1.165, 1.54) is 12.2 Å². The lowest BCUT2D eigenvalue weighted by Gasteiger charge is -2.19. The van der Waals surface area contributed by atoms with Gasteiger partial charge in [-0.05, 0) is 42.4 Å². The Balaban J connectivity index is 2.36. The molecule has 0 atom stereocenters. The number of amides is 2. The van der Waals surface area contributed by atoms with Crippen molar-refractivity contribution in [3.63, 3.8) is 0 Å². The topological polar surface area (TPSA) is 140 Å². The third kappa shape index (κ3) is 6.10. The second-order valence-electron chi connectivity index (χ2n) is 8.90. The molecule has 3 aromatic rings. The molecule has 198 valence electrons. The van der Waals surface area contributed by atoms with Crippen molar-refractivity contribution in [1.82, 2.24) is 9.80 Å². The van der Waals surface area contributed by atoms with Crippen LogP contribution in [0.25, 0.3) is 31.9 Å². The SMILES string of the molecule is Cc1c(/C(=C/C=C(\C#N)C(N)=O)N(C)C)sc2sc(/C(=C/C=C(\C#N)C(N)=O)N(C)C)c(-c3ccccc3)c12. The van der Waals surface area contributed by atoms with Crippen molar-refractivity contribution in [1.29, 1.82) is 10.5 Å². The molecule has 0 aliphatic heterocycles. The number of fused-ring (bicyclic) bond motifs is 1. The van der Waals surface area contributed by atoms with Gasteiger partial charge in [0.1, 0.15) is 23.3 Å². The van der Waals surface area contributed by atoms with Gasteiger partial charge in [-0.15, -0.1) is 22.7 Å². The first kappa shape index (κ1) is 28.9. The van der Waals surface area contributed by atoms with E-state index in [2.05, 4.69) is 6.92 Å². The third-order valence-corrected chi connectivity index (χ3v) is 8.48. The molecular formula is C29H28N6O2S2. The zero-order chi connectivity index (χ0) is 28.9. The Bertz CT molecular complexity index is 1640. The fourth-order valence-corrected chi connectivity index (χ4v) is 6.98. The van der Waals surface area contributed by atoms with E-state index in [-0.39, 0.29) is 11.1 Å². The number of hydrogen-bond acceptors (Lipinski definition) is 8. The average Bonchev–Trinajstić information content (AvgIpc) is 3.40. The Labute approximate surface area is 235 Å². The van der Waals surface area contributed by atoms with Crippen LogP contribution in [0.5, 0.6) is 0 Å². The van der Waals surface area contributed by atoms with E-state index in [1.807, 2.05) is 80.5 Å². The summed E-state index contributed by atoms with van der Waals surface area (Å²) in [6.07, 6.45) is 6.37. The maximum Gasteiger partial charge on any atom is 0.259 e. The van der Waals surface area contributed by atoms with Crippen molar-refractivity contribution in [2.45, 2.75) is 6.92 Å². The van der Waals surface area contributed by atoms with Crippen LogP contribution in [-0.4, -0.2) is 49.8 Å². The first-order valence-electron chi connectivity index (χ1n) is 11.7. The van der Waals surface area contributed by atoms with Crippen molar-refractivity contribution < 1.29 is 9.59 Å². The summed E-state index contributed by atoms with van der Waals surface area (Å²) in [6.45, 7) is 2.05. The van der Waals surface area contributed by atoms with Crippen LogP contribution < -0.4 is 11.5 Å². The zero-order valence-corrected chi connectivity index (χ0v) is 23.9. The molecule has 0 saturated carbocycles. The van der Waals surface area contributed by atoms with E-state index in [9.17, 15) is 20.1 Å². The lowest BCUT2D eigenvalue weighted by atomic mass is 9.98. The lowest BCUT2D eigenvalue weighted by Crippen LogP contribution is -2.13. The first-order chi connectivity index (χ1) is 18.5. The van der Waals surface area contributed by atoms with Gasteiger partial charge in [-0.25, -0.2) is 0 Å². The third-order valence-electron chi connectivity index (χ3n) is 5.87. The summed E-state index contributed by atoms with van der Waals surface area (Å²) in [4.78, 5) is 29.0. The fraction of sp³-hybridized carbons (Fsp3) is 0.172. The number of nitrogens with two attached hydrogens (primary N) is 2. The van der Waals surface area contributed by atoms with Crippen LogP contribution in [0.4, 0.5) is 0 Å². The number of thiophene rings is 2. The highest BCUT2D eigenvalue weighted by molar-refractivity contribution is 7.39. The lowest BCUT2D eigenvalue weighted by molar-refractivity contribution is -0.115. The average molecular weight is 557 g/mol. The minimum Gasteiger partial charge on any atom is -0.377 e. The van der Waals surface area contributed by atoms with Crippen molar-refractivity contribution in [2.75, 3.05) is 28.2 Å². The quantitative estimate of drug-likeness (QED) is 0.224. The molecule has 2 heterocycles. The molecule has 0 aliphatic rings. The van der Waals surface area contributed by atoms with Gasteiger partial charge in [0.05, 0.1) is 25.2 Å². The minimum absolute atomic E-state index is 0.126. The Morgan fingerprint density at radius 1 is 0.795 bits per heavy atom. The Morgan fingerprint density at radius 3 is 1.69 bits per heavy atom. The van der Waals surface area contributed by atoms with E-state index < -0.39 is 11.8 Å². The summed E-state index contributed by atoms with van der Waals surface area (Å²) in [7, 11) is 7.61. The van der Waals surface area contributed by atoms with Crippen LogP contribution in [0.2, 0.25) is 0 Å². The highest BCUT2D eigenvalue weighted by Gasteiger charge is 2.24. The monoisotopic (exact) mass is 556 g/mol. The summed E-state index contributed by atoms with van der Waals surface area (Å²) in [5, 5.41) is 19.6. The molecule has 3 rings (SSSR count). The number of nitrogens with zero attached hydrogens (tertiary/aromatic N) is 4. The van der Waals surface area contributed by atoms with E-state index in [0.717, 1.165) is 47.2 Å². The second kappa shape index (κ2) is 12.3. The summed E-state index contributed by atoms with van der Waals surface area (Å²) in [5.74, 6) is -1.56. The van der Waals surface area contributed by atoms with Gasteiger partial charge in [0.15, 0.2) is 0 Å². The van der Waals surface area contributed by atoms with Crippen LogP contribution in [0.1, 0.15) is 15.3 Å². The van der Waals surface area contributed by atoms with Crippen LogP contribution >= 0.6 is 22.7 Å². The van der Waals surface area contributed by atoms with Gasteiger partial charge in [-0.1, -0.05) is 30.3 Å². The van der Waals surface area contributed by atoms with E-state index in [4.69, 9.17) is 11.5 Å². The molecule has 0 unspecified atom stereocenters. The maximum absolute atomic E-state index is 11.6. The fourth-order valence-electron chi connectivity index (χ4n) is 3.94. The van der Waals surface area contributed by atoms with Gasteiger partial charge in [0, 0.05) is 39.1 Å². The second-order valence-corrected chi connectivity index (χ2v) is 11.2. The van der Waals surface area contributed by atoms with Crippen molar-refractivity contribution in [2.24, 2.45) is 11.5 Å². The summed E-state index contributed by atoms with van der Waals surface area (Å²) < 4.78 is 1.08. The Kier molecular flexibility index (Phi) is 9.10. The van der Waals surface area contributed by atoms with Gasteiger partial charge in [0.2, 0.25) is 0 Å². The van der Waals surface area contributed by atoms with E-state index >= 15 is 0 Å². The van der Waals surface area contributed by atoms with Crippen LogP contribution in [0.15, 0.2) is 65.8 Å². The number of primary amides is 2. The minimum atomic E-state index is -0.782. The number of carbonyl (C=O) groups excluding carboxylic acids is 2. The zero-order valence-electron chi connectivity index (χ0n) is 22.3. The molecule has 39 heavy (non-hydrogen) atoms. The molecule has 0 aliphatic carbocycles. The van der Waals surface area contributed by atoms with E-state index in [1.54, 1.807) is 34.8 Å². The molecule has 2 amide bonds. The number of carbonyl (C=O) groups is 2. The number of rotatable bonds is 9. The number of hydrogen-bond donors (Lipinski definition) is 2. The number of allylic oxidation sites excluding steroid dienone is 4. The largest absolute Gasteiger partial charge is 0.377 e. The van der Waals surface area contributed by atoms with Crippen LogP contribution in [0.3, 0.4) is 0 Å². The summed E-state index contributed by atoms with van der Waals surface area (Å²) >= 11 is 3.23. The predicted molar refractivity (Wildman–Crippen MR) is 159 cm³/mol. The van der Waals surface area contributed by atoms with Gasteiger partial charge in [-0.2, -0.15) is 10.5 Å². The molecule has 0 radical (unpaired) electrons. The molecule has 0 spiro atoms. The maximum atomic E-state index is 11.6. The smallest absolute Gasteiger partial charge is 0.259 e. The molecule has 4 N–H and O–H groups in total. The molecule has 0 fully saturated rings. The number of aryl methyl sites for hydroxylation is 1. The molecule has 0 bridgehead atoms. The van der Waals surface area contributed by atoms with Gasteiger partial charge >= 0.3 is 0 Å². The standard InChI is InChI=1S/C29H28N6O2S2/c1-17-23-24(18-9-7-6-8-10-18)26(22(35(4)5)14-12-20(16-31)28(33)37)39-29(23)38-25(17)21(34(2)3)13-11-19(15-30)27(32)36/h6-14H,1-5H3,(H2,32,36)(H2,33,37)/b19-11+,20-12+,21-13-,22-14-. The van der Waals surface area contributed by atoms with Crippen molar-refractivity contribution >= 4 is 55.3 Å². The molecule has 1 aromatic carbocycles. The van der Waals surface area contributed by atoms with Crippen LogP contribution in [-0.2, 0) is 9.59 Å². The molecule has 8 nitrogen and oxygen atoms in total. The Hall–Kier alpha value is -4.64. The number of benzene rings is 1. The summed E-state index contributed by atoms with van der Waals surface area (Å²) in [6, 6.07) is 13.7. The molecular weight excluding hydrogens is 528 g/mol. The van der Waals surface area contributed by atoms with Gasteiger partial charge in [-0.3, -0.25) is 9.59 Å². The van der Waals surface area contributed by atoms with E-state index in [0.29, 0.717) is 0 Å².